The van der Waals surface area contributed by atoms with E-state index in [1.807, 2.05) is 12.1 Å². The van der Waals surface area contributed by atoms with Crippen LogP contribution in [0.1, 0.15) is 17.4 Å². The molecule has 22 heavy (non-hydrogen) atoms. The highest BCUT2D eigenvalue weighted by atomic mass is 32.2. The highest BCUT2D eigenvalue weighted by Crippen LogP contribution is 2.19. The highest BCUT2D eigenvalue weighted by Gasteiger charge is 2.13. The lowest BCUT2D eigenvalue weighted by atomic mass is 10.2. The molecule has 0 amide bonds. The lowest BCUT2D eigenvalue weighted by Crippen LogP contribution is -2.04. The Morgan fingerprint density at radius 3 is 2.82 bits per heavy atom. The SMILES string of the molecule is Cc1cc2ccccc2n1CCc1nc(CS(C)(=O)=O)no1. The molecule has 7 heteroatoms. The number of hydrogen-bond donors (Lipinski definition) is 0. The van der Waals surface area contributed by atoms with E-state index in [4.69, 9.17) is 4.52 Å². The zero-order chi connectivity index (χ0) is 15.7. The molecule has 0 unspecified atom stereocenters. The fourth-order valence-corrected chi connectivity index (χ4v) is 3.12. The molecule has 1 aromatic carbocycles. The van der Waals surface area contributed by atoms with Crippen LogP contribution in [0.15, 0.2) is 34.9 Å². The minimum Gasteiger partial charge on any atom is -0.344 e. The first-order valence-corrected chi connectivity index (χ1v) is 9.02. The standard InChI is InChI=1S/C15H17N3O3S/c1-11-9-12-5-3-4-6-13(12)18(11)8-7-15-16-14(17-21-15)10-22(2,19)20/h3-6,9H,7-8,10H2,1-2H3. The van der Waals surface area contributed by atoms with Gasteiger partial charge in [-0.05, 0) is 24.4 Å². The maximum absolute atomic E-state index is 11.2. The molecule has 2 heterocycles. The lowest BCUT2D eigenvalue weighted by Gasteiger charge is -2.05. The van der Waals surface area contributed by atoms with E-state index in [9.17, 15) is 8.42 Å². The highest BCUT2D eigenvalue weighted by molar-refractivity contribution is 7.89. The number of sulfone groups is 1. The van der Waals surface area contributed by atoms with Crippen LogP contribution in [0, 0.1) is 6.92 Å². The molecule has 0 radical (unpaired) electrons. The summed E-state index contributed by atoms with van der Waals surface area (Å²) in [5, 5.41) is 4.91. The third kappa shape index (κ3) is 3.19. The van der Waals surface area contributed by atoms with Gasteiger partial charge in [0.2, 0.25) is 5.89 Å². The number of hydrogen-bond acceptors (Lipinski definition) is 5. The molecule has 0 aliphatic carbocycles. The van der Waals surface area contributed by atoms with Crippen LogP contribution < -0.4 is 0 Å². The summed E-state index contributed by atoms with van der Waals surface area (Å²) in [6.45, 7) is 2.77. The summed E-state index contributed by atoms with van der Waals surface area (Å²) >= 11 is 0. The van der Waals surface area contributed by atoms with Crippen molar-refractivity contribution in [1.82, 2.24) is 14.7 Å². The molecule has 0 aliphatic heterocycles. The summed E-state index contributed by atoms with van der Waals surface area (Å²) in [7, 11) is -3.15. The van der Waals surface area contributed by atoms with E-state index < -0.39 is 9.84 Å². The molecule has 116 valence electrons. The summed E-state index contributed by atoms with van der Waals surface area (Å²) in [6.07, 6.45) is 1.72. The number of benzene rings is 1. The number of aromatic nitrogens is 3. The Labute approximate surface area is 128 Å². The summed E-state index contributed by atoms with van der Waals surface area (Å²) in [4.78, 5) is 4.13. The minimum absolute atomic E-state index is 0.192. The van der Waals surface area contributed by atoms with Gasteiger partial charge in [-0.3, -0.25) is 0 Å². The van der Waals surface area contributed by atoms with Gasteiger partial charge in [-0.1, -0.05) is 23.4 Å². The molecule has 3 rings (SSSR count). The number of para-hydroxylation sites is 1. The van der Waals surface area contributed by atoms with Crippen molar-refractivity contribution in [3.05, 3.63) is 47.7 Å². The molecular formula is C15H17N3O3S. The predicted molar refractivity (Wildman–Crippen MR) is 83.2 cm³/mol. The van der Waals surface area contributed by atoms with Crippen molar-refractivity contribution in [3.63, 3.8) is 0 Å². The summed E-state index contributed by atoms with van der Waals surface area (Å²) in [6, 6.07) is 10.3. The van der Waals surface area contributed by atoms with E-state index in [1.54, 1.807) is 0 Å². The van der Waals surface area contributed by atoms with E-state index >= 15 is 0 Å². The van der Waals surface area contributed by atoms with Gasteiger partial charge in [0.15, 0.2) is 15.7 Å². The zero-order valence-corrected chi connectivity index (χ0v) is 13.3. The second-order valence-corrected chi connectivity index (χ2v) is 7.56. The second kappa shape index (κ2) is 5.57. The molecule has 0 N–H and O–H groups in total. The summed E-state index contributed by atoms with van der Waals surface area (Å²) in [5.74, 6) is 0.476. The molecule has 3 aromatic rings. The lowest BCUT2D eigenvalue weighted by molar-refractivity contribution is 0.368. The van der Waals surface area contributed by atoms with Crippen LogP contribution in [-0.2, 0) is 28.6 Å². The van der Waals surface area contributed by atoms with E-state index in [-0.39, 0.29) is 11.6 Å². The fourth-order valence-electron chi connectivity index (χ4n) is 2.54. The first-order chi connectivity index (χ1) is 10.4. The van der Waals surface area contributed by atoms with Crippen LogP contribution >= 0.6 is 0 Å². The largest absolute Gasteiger partial charge is 0.344 e. The van der Waals surface area contributed by atoms with Gasteiger partial charge >= 0.3 is 0 Å². The Morgan fingerprint density at radius 1 is 1.27 bits per heavy atom. The fraction of sp³-hybridized carbons (Fsp3) is 0.333. The average molecular weight is 319 g/mol. The molecule has 2 aromatic heterocycles. The molecule has 0 saturated carbocycles. The zero-order valence-electron chi connectivity index (χ0n) is 12.5. The van der Waals surface area contributed by atoms with E-state index in [0.717, 1.165) is 17.5 Å². The van der Waals surface area contributed by atoms with E-state index in [1.165, 1.54) is 5.39 Å². The van der Waals surface area contributed by atoms with Crippen molar-refractivity contribution in [3.8, 4) is 0 Å². The Bertz CT molecular complexity index is 909. The van der Waals surface area contributed by atoms with Crippen molar-refractivity contribution in [1.29, 1.82) is 0 Å². The Morgan fingerprint density at radius 2 is 2.05 bits per heavy atom. The predicted octanol–water partition coefficient (Wildman–Crippen LogP) is 2.12. The van der Waals surface area contributed by atoms with Crippen LogP contribution in [-0.4, -0.2) is 29.4 Å². The molecule has 0 atom stereocenters. The smallest absolute Gasteiger partial charge is 0.228 e. The third-order valence-corrected chi connectivity index (χ3v) is 4.25. The molecule has 0 saturated heterocycles. The number of aryl methyl sites for hydroxylation is 3. The monoisotopic (exact) mass is 319 g/mol. The number of nitrogens with zero attached hydrogens (tertiary/aromatic N) is 3. The second-order valence-electron chi connectivity index (χ2n) is 5.42. The maximum atomic E-state index is 11.2. The van der Waals surface area contributed by atoms with Crippen LogP contribution in [0.25, 0.3) is 10.9 Å². The van der Waals surface area contributed by atoms with Crippen molar-refractivity contribution in [2.75, 3.05) is 6.26 Å². The van der Waals surface area contributed by atoms with Crippen molar-refractivity contribution >= 4 is 20.7 Å². The molecule has 0 fully saturated rings. The molecule has 0 spiro atoms. The Balaban J connectivity index is 1.76. The molecular weight excluding hydrogens is 302 g/mol. The van der Waals surface area contributed by atoms with Gasteiger partial charge < -0.3 is 9.09 Å². The Hall–Kier alpha value is -2.15. The number of fused-ring (bicyclic) bond motifs is 1. The topological polar surface area (TPSA) is 78.0 Å². The van der Waals surface area contributed by atoms with Gasteiger partial charge in [-0.15, -0.1) is 0 Å². The third-order valence-electron chi connectivity index (χ3n) is 3.47. The summed E-state index contributed by atoms with van der Waals surface area (Å²) in [5.41, 5.74) is 2.33. The molecule has 0 bridgehead atoms. The first-order valence-electron chi connectivity index (χ1n) is 6.96. The van der Waals surface area contributed by atoms with Gasteiger partial charge in [-0.2, -0.15) is 4.98 Å². The van der Waals surface area contributed by atoms with Gasteiger partial charge in [0, 0.05) is 30.4 Å². The average Bonchev–Trinajstić information content (AvgIpc) is 2.98. The summed E-state index contributed by atoms with van der Waals surface area (Å²) < 4.78 is 29.8. The van der Waals surface area contributed by atoms with Crippen molar-refractivity contribution in [2.24, 2.45) is 0 Å². The molecule has 6 nitrogen and oxygen atoms in total. The van der Waals surface area contributed by atoms with Gasteiger partial charge in [0.25, 0.3) is 0 Å². The van der Waals surface area contributed by atoms with Crippen LogP contribution in [0.2, 0.25) is 0 Å². The van der Waals surface area contributed by atoms with Crippen LogP contribution in [0.3, 0.4) is 0 Å². The van der Waals surface area contributed by atoms with Crippen LogP contribution in [0.5, 0.6) is 0 Å². The van der Waals surface area contributed by atoms with Crippen molar-refractivity contribution in [2.45, 2.75) is 25.6 Å². The van der Waals surface area contributed by atoms with Crippen LogP contribution in [0.4, 0.5) is 0 Å². The van der Waals surface area contributed by atoms with E-state index in [0.29, 0.717) is 18.9 Å². The molecule has 0 aliphatic rings. The quantitative estimate of drug-likeness (QED) is 0.720. The van der Waals surface area contributed by atoms with Crippen molar-refractivity contribution < 1.29 is 12.9 Å². The Kier molecular flexibility index (Phi) is 3.74. The van der Waals surface area contributed by atoms with Gasteiger partial charge in [-0.25, -0.2) is 8.42 Å². The van der Waals surface area contributed by atoms with Gasteiger partial charge in [0.1, 0.15) is 5.75 Å². The first kappa shape index (κ1) is 14.8. The van der Waals surface area contributed by atoms with Gasteiger partial charge in [0.05, 0.1) is 0 Å². The minimum atomic E-state index is -3.15. The normalized spacial score (nSPS) is 12.1. The van der Waals surface area contributed by atoms with E-state index in [2.05, 4.69) is 39.8 Å². The maximum Gasteiger partial charge on any atom is 0.228 e. The number of rotatable bonds is 5.